The van der Waals surface area contributed by atoms with Gasteiger partial charge in [0, 0.05) is 29.4 Å². The van der Waals surface area contributed by atoms with E-state index in [9.17, 15) is 9.59 Å². The molecule has 1 saturated carbocycles. The predicted octanol–water partition coefficient (Wildman–Crippen LogP) is 5.16. The van der Waals surface area contributed by atoms with Crippen molar-refractivity contribution in [3.05, 3.63) is 89.1 Å². The first-order valence-electron chi connectivity index (χ1n) is 11.9. The highest BCUT2D eigenvalue weighted by atomic mass is 16.5. The number of fused-ring (bicyclic) bond motifs is 1. The van der Waals surface area contributed by atoms with E-state index >= 15 is 0 Å². The minimum Gasteiger partial charge on any atom is -0.461 e. The van der Waals surface area contributed by atoms with E-state index in [-0.39, 0.29) is 19.1 Å². The van der Waals surface area contributed by atoms with E-state index in [1.165, 1.54) is 0 Å². The van der Waals surface area contributed by atoms with Crippen LogP contribution in [0.2, 0.25) is 0 Å². The molecule has 4 aromatic rings. The maximum absolute atomic E-state index is 12.8. The second kappa shape index (κ2) is 10.0. The molecule has 0 radical (unpaired) electrons. The molecular formula is C27H28N4O4. The summed E-state index contributed by atoms with van der Waals surface area (Å²) in [5.74, 6) is 0.320. The lowest BCUT2D eigenvalue weighted by Crippen LogP contribution is -2.31. The molecule has 180 valence electrons. The molecule has 0 bridgehead atoms. The Balaban J connectivity index is 1.42. The third kappa shape index (κ3) is 5.21. The van der Waals surface area contributed by atoms with Crippen molar-refractivity contribution < 1.29 is 19.1 Å². The van der Waals surface area contributed by atoms with Crippen LogP contribution in [0.15, 0.2) is 60.8 Å². The highest BCUT2D eigenvalue weighted by Gasteiger charge is 2.34. The Kier molecular flexibility index (Phi) is 6.52. The quantitative estimate of drug-likeness (QED) is 0.292. The summed E-state index contributed by atoms with van der Waals surface area (Å²) in [6.45, 7) is 2.20. The molecule has 3 N–H and O–H groups in total. The lowest BCUT2D eigenvalue weighted by atomic mass is 10.0. The minimum atomic E-state index is -0.555. The van der Waals surface area contributed by atoms with Crippen LogP contribution >= 0.6 is 0 Å². The zero-order valence-corrected chi connectivity index (χ0v) is 19.5. The van der Waals surface area contributed by atoms with Crippen molar-refractivity contribution >= 4 is 23.0 Å². The zero-order chi connectivity index (χ0) is 24.2. The van der Waals surface area contributed by atoms with E-state index in [0.29, 0.717) is 17.9 Å². The number of para-hydroxylation sites is 1. The molecule has 0 unspecified atom stereocenters. The fourth-order valence-corrected chi connectivity index (χ4v) is 4.24. The monoisotopic (exact) mass is 472 g/mol. The van der Waals surface area contributed by atoms with Crippen LogP contribution in [0.4, 0.5) is 4.79 Å². The number of benzene rings is 2. The van der Waals surface area contributed by atoms with Crippen LogP contribution in [0.25, 0.3) is 10.9 Å². The number of hydrogen-bond donors (Lipinski definition) is 3. The van der Waals surface area contributed by atoms with Gasteiger partial charge in [0.2, 0.25) is 0 Å². The first-order valence-corrected chi connectivity index (χ1v) is 11.9. The van der Waals surface area contributed by atoms with Crippen molar-refractivity contribution in [3.63, 3.8) is 0 Å². The summed E-state index contributed by atoms with van der Waals surface area (Å²) in [5.41, 5.74) is 4.01. The third-order valence-corrected chi connectivity index (χ3v) is 6.14. The SMILES string of the molecule is CCOC(=O)c1nc([C@@H](Cc2c[nH]c3ccccc23)NC(=O)OCc2ccccc2)[nH]c1C1CC1. The van der Waals surface area contributed by atoms with Gasteiger partial charge in [0.25, 0.3) is 0 Å². The normalized spacial score (nSPS) is 14.0. The van der Waals surface area contributed by atoms with Crippen molar-refractivity contribution in [2.45, 2.75) is 44.8 Å². The summed E-state index contributed by atoms with van der Waals surface area (Å²) in [7, 11) is 0. The molecule has 35 heavy (non-hydrogen) atoms. The van der Waals surface area contributed by atoms with Gasteiger partial charge in [-0.1, -0.05) is 48.5 Å². The Morgan fingerprint density at radius 1 is 1.09 bits per heavy atom. The Bertz CT molecular complexity index is 1320. The van der Waals surface area contributed by atoms with Gasteiger partial charge < -0.3 is 24.8 Å². The number of carbonyl (C=O) groups is 2. The van der Waals surface area contributed by atoms with Crippen LogP contribution in [0, 0.1) is 0 Å². The number of H-pyrrole nitrogens is 2. The molecule has 0 saturated heterocycles. The molecule has 0 spiro atoms. The molecule has 8 heteroatoms. The number of rotatable bonds is 9. The molecule has 5 rings (SSSR count). The fraction of sp³-hybridized carbons (Fsp3) is 0.296. The summed E-state index contributed by atoms with van der Waals surface area (Å²) in [4.78, 5) is 36.6. The summed E-state index contributed by atoms with van der Waals surface area (Å²) in [6.07, 6.45) is 3.83. The molecule has 1 aliphatic rings. The number of aromatic nitrogens is 3. The second-order valence-corrected chi connectivity index (χ2v) is 8.70. The van der Waals surface area contributed by atoms with E-state index < -0.39 is 18.1 Å². The molecule has 1 fully saturated rings. The van der Waals surface area contributed by atoms with Gasteiger partial charge in [-0.2, -0.15) is 0 Å². The van der Waals surface area contributed by atoms with Crippen LogP contribution < -0.4 is 5.32 Å². The second-order valence-electron chi connectivity index (χ2n) is 8.70. The molecule has 1 atom stereocenters. The van der Waals surface area contributed by atoms with Crippen molar-refractivity contribution in [2.24, 2.45) is 0 Å². The van der Waals surface area contributed by atoms with Crippen molar-refractivity contribution in [1.82, 2.24) is 20.3 Å². The van der Waals surface area contributed by atoms with Crippen molar-refractivity contribution in [3.8, 4) is 0 Å². The highest BCUT2D eigenvalue weighted by Crippen LogP contribution is 2.41. The zero-order valence-electron chi connectivity index (χ0n) is 19.5. The number of amides is 1. The molecule has 1 amide bonds. The first-order chi connectivity index (χ1) is 17.1. The number of hydrogen-bond acceptors (Lipinski definition) is 5. The fourth-order valence-electron chi connectivity index (χ4n) is 4.24. The highest BCUT2D eigenvalue weighted by molar-refractivity contribution is 5.89. The van der Waals surface area contributed by atoms with Gasteiger partial charge in [-0.25, -0.2) is 14.6 Å². The summed E-state index contributed by atoms with van der Waals surface area (Å²) in [5, 5.41) is 4.02. The Morgan fingerprint density at radius 2 is 1.86 bits per heavy atom. The molecule has 2 heterocycles. The third-order valence-electron chi connectivity index (χ3n) is 6.14. The van der Waals surface area contributed by atoms with Gasteiger partial charge in [-0.3, -0.25) is 0 Å². The topological polar surface area (TPSA) is 109 Å². The number of nitrogens with one attached hydrogen (secondary N) is 3. The number of esters is 1. The molecule has 0 aliphatic heterocycles. The van der Waals surface area contributed by atoms with Crippen molar-refractivity contribution in [1.29, 1.82) is 0 Å². The van der Waals surface area contributed by atoms with Gasteiger partial charge in [-0.15, -0.1) is 0 Å². The molecule has 2 aromatic carbocycles. The number of imidazole rings is 1. The van der Waals surface area contributed by atoms with E-state index in [1.807, 2.05) is 60.8 Å². The van der Waals surface area contributed by atoms with E-state index in [1.54, 1.807) is 6.92 Å². The Morgan fingerprint density at radius 3 is 2.63 bits per heavy atom. The number of ether oxygens (including phenoxy) is 2. The average Bonchev–Trinajstić information content (AvgIpc) is 3.50. The standard InChI is InChI=1S/C27H28N4O4/c1-2-34-26(32)24-23(18-12-13-18)30-25(31-24)22(14-19-15-28-21-11-7-6-10-20(19)21)29-27(33)35-16-17-8-4-3-5-9-17/h3-11,15,18,22,28H,2,12-14,16H2,1H3,(H,29,33)(H,30,31)/t22-/m1/s1. The van der Waals surface area contributed by atoms with Gasteiger partial charge in [0.05, 0.1) is 18.3 Å². The average molecular weight is 473 g/mol. The van der Waals surface area contributed by atoms with Crippen LogP contribution in [0.1, 0.15) is 64.9 Å². The van der Waals surface area contributed by atoms with Gasteiger partial charge in [0.15, 0.2) is 5.69 Å². The summed E-state index contributed by atoms with van der Waals surface area (Å²) < 4.78 is 10.7. The van der Waals surface area contributed by atoms with E-state index in [4.69, 9.17) is 9.47 Å². The lowest BCUT2D eigenvalue weighted by molar-refractivity contribution is 0.0518. The van der Waals surface area contributed by atoms with Crippen molar-refractivity contribution in [2.75, 3.05) is 6.61 Å². The Labute approximate surface area is 203 Å². The molecular weight excluding hydrogens is 444 g/mol. The van der Waals surface area contributed by atoms with Gasteiger partial charge >= 0.3 is 12.1 Å². The maximum Gasteiger partial charge on any atom is 0.408 e. The summed E-state index contributed by atoms with van der Waals surface area (Å²) >= 11 is 0. The van der Waals surface area contributed by atoms with E-state index in [2.05, 4.69) is 20.3 Å². The smallest absolute Gasteiger partial charge is 0.408 e. The molecule has 8 nitrogen and oxygen atoms in total. The Hall–Kier alpha value is -4.07. The predicted molar refractivity (Wildman–Crippen MR) is 131 cm³/mol. The first kappa shape index (κ1) is 22.7. The number of aromatic amines is 2. The number of alkyl carbamates (subject to hydrolysis) is 1. The van der Waals surface area contributed by atoms with Gasteiger partial charge in [0.1, 0.15) is 12.4 Å². The lowest BCUT2D eigenvalue weighted by Gasteiger charge is -2.17. The van der Waals surface area contributed by atoms with Crippen LogP contribution in [-0.4, -0.2) is 33.6 Å². The number of carbonyl (C=O) groups excluding carboxylic acids is 2. The van der Waals surface area contributed by atoms with Gasteiger partial charge in [-0.05, 0) is 37.0 Å². The van der Waals surface area contributed by atoms with Crippen LogP contribution in [0.5, 0.6) is 0 Å². The minimum absolute atomic E-state index is 0.159. The van der Waals surface area contributed by atoms with Crippen LogP contribution in [0.3, 0.4) is 0 Å². The summed E-state index contributed by atoms with van der Waals surface area (Å²) in [6, 6.07) is 17.0. The molecule has 2 aromatic heterocycles. The number of nitrogens with zero attached hydrogens (tertiary/aromatic N) is 1. The van der Waals surface area contributed by atoms with Crippen LogP contribution in [-0.2, 0) is 22.5 Å². The largest absolute Gasteiger partial charge is 0.461 e. The van der Waals surface area contributed by atoms with E-state index in [0.717, 1.165) is 40.6 Å². The molecule has 1 aliphatic carbocycles. The maximum atomic E-state index is 12.8.